The zero-order valence-corrected chi connectivity index (χ0v) is 20.8. The molecule has 37 heavy (non-hydrogen) atoms. The van der Waals surface area contributed by atoms with Gasteiger partial charge in [0.05, 0.1) is 11.1 Å². The van der Waals surface area contributed by atoms with Crippen LogP contribution >= 0.6 is 0 Å². The molecule has 0 saturated carbocycles. The van der Waals surface area contributed by atoms with Crippen LogP contribution in [0.15, 0.2) is 84.2 Å². The van der Waals surface area contributed by atoms with E-state index in [9.17, 15) is 0 Å². The van der Waals surface area contributed by atoms with E-state index in [1.54, 1.807) is 12.5 Å². The van der Waals surface area contributed by atoms with Crippen LogP contribution < -0.4 is 15.4 Å². The second-order valence-corrected chi connectivity index (χ2v) is 9.64. The van der Waals surface area contributed by atoms with Gasteiger partial charge in [-0.15, -0.1) is 0 Å². The van der Waals surface area contributed by atoms with Gasteiger partial charge in [-0.3, -0.25) is 4.98 Å². The molecule has 0 radical (unpaired) electrons. The molecular formula is C29H26N6O2. The molecule has 0 amide bonds. The molecule has 3 heterocycles. The van der Waals surface area contributed by atoms with Gasteiger partial charge in [-0.1, -0.05) is 18.2 Å². The van der Waals surface area contributed by atoms with Gasteiger partial charge >= 0.3 is 0 Å². The first kappa shape index (κ1) is 22.7. The van der Waals surface area contributed by atoms with Crippen molar-refractivity contribution in [3.63, 3.8) is 0 Å². The lowest BCUT2D eigenvalue weighted by Crippen LogP contribution is -2.17. The number of amidine groups is 1. The lowest BCUT2D eigenvalue weighted by Gasteiger charge is -2.14. The Balaban J connectivity index is 1.25. The Kier molecular flexibility index (Phi) is 5.56. The smallest absolute Gasteiger partial charge is 0.289 e. The number of rotatable bonds is 5. The van der Waals surface area contributed by atoms with Gasteiger partial charge in [0.15, 0.2) is 5.75 Å². The third-order valence-corrected chi connectivity index (χ3v) is 6.11. The molecule has 0 spiro atoms. The van der Waals surface area contributed by atoms with Gasteiger partial charge in [-0.2, -0.15) is 0 Å². The summed E-state index contributed by atoms with van der Waals surface area (Å²) in [6.45, 7) is 6.64. The number of aryl methyl sites for hydroxylation is 1. The van der Waals surface area contributed by atoms with Gasteiger partial charge in [0.1, 0.15) is 30.0 Å². The molecular weight excluding hydrogens is 464 g/mol. The van der Waals surface area contributed by atoms with Crippen LogP contribution in [-0.4, -0.2) is 33.1 Å². The molecule has 2 N–H and O–H groups in total. The quantitative estimate of drug-likeness (QED) is 0.287. The second kappa shape index (κ2) is 9.05. The van der Waals surface area contributed by atoms with E-state index >= 15 is 0 Å². The maximum atomic E-state index is 6.24. The van der Waals surface area contributed by atoms with Crippen LogP contribution in [0.1, 0.15) is 19.4 Å². The lowest BCUT2D eigenvalue weighted by molar-refractivity contribution is 0.278. The Morgan fingerprint density at radius 1 is 0.865 bits per heavy atom. The van der Waals surface area contributed by atoms with Gasteiger partial charge < -0.3 is 20.1 Å². The van der Waals surface area contributed by atoms with Crippen molar-refractivity contribution in [2.75, 3.05) is 17.2 Å². The molecule has 8 heteroatoms. The zero-order chi connectivity index (χ0) is 25.4. The normalized spacial score (nSPS) is 14.3. The number of fused-ring (bicyclic) bond motifs is 2. The highest BCUT2D eigenvalue weighted by Crippen LogP contribution is 2.33. The number of pyridine rings is 1. The summed E-state index contributed by atoms with van der Waals surface area (Å²) in [6, 6.07) is 22.2. The fourth-order valence-corrected chi connectivity index (χ4v) is 4.26. The van der Waals surface area contributed by atoms with Crippen molar-refractivity contribution < 1.29 is 9.47 Å². The van der Waals surface area contributed by atoms with E-state index in [4.69, 9.17) is 9.47 Å². The van der Waals surface area contributed by atoms with Gasteiger partial charge in [-0.05, 0) is 74.9 Å². The largest absolute Gasteiger partial charge is 0.462 e. The molecule has 3 aromatic carbocycles. The summed E-state index contributed by atoms with van der Waals surface area (Å²) in [4.78, 5) is 18.0. The Bertz CT molecular complexity index is 1660. The minimum Gasteiger partial charge on any atom is -0.462 e. The Morgan fingerprint density at radius 2 is 1.70 bits per heavy atom. The van der Waals surface area contributed by atoms with E-state index in [2.05, 4.69) is 30.6 Å². The second-order valence-electron chi connectivity index (χ2n) is 9.64. The number of benzene rings is 3. The first-order valence-electron chi connectivity index (χ1n) is 12.1. The Hall–Kier alpha value is -4.72. The van der Waals surface area contributed by atoms with E-state index in [0.29, 0.717) is 18.4 Å². The first-order valence-corrected chi connectivity index (χ1v) is 12.1. The maximum Gasteiger partial charge on any atom is 0.289 e. The van der Waals surface area contributed by atoms with Crippen LogP contribution in [0.4, 0.5) is 17.2 Å². The monoisotopic (exact) mass is 490 g/mol. The molecule has 0 saturated heterocycles. The van der Waals surface area contributed by atoms with Crippen LogP contribution in [0, 0.1) is 6.92 Å². The van der Waals surface area contributed by atoms with Crippen LogP contribution in [0.5, 0.6) is 11.5 Å². The number of para-hydroxylation sites is 1. The van der Waals surface area contributed by atoms with E-state index in [-0.39, 0.29) is 5.54 Å². The van der Waals surface area contributed by atoms with Crippen molar-refractivity contribution in [2.45, 2.75) is 26.3 Å². The molecule has 8 nitrogen and oxygen atoms in total. The number of aromatic nitrogens is 3. The molecule has 6 rings (SSSR count). The third-order valence-electron chi connectivity index (χ3n) is 6.11. The number of nitrogens with zero attached hydrogens (tertiary/aromatic N) is 4. The standard InChI is InChI=1S/C29H26N6O2/c1-18-14-20(10-12-24(18)37-25-8-4-6-19-7-5-13-30-26(19)25)33-27-22-15-21(9-11-23(22)31-17-32-27)34-28-35-29(2,3)16-36-28/h4-15,17H,16H2,1-3H3,(H,34,35)(H,31,32,33). The summed E-state index contributed by atoms with van der Waals surface area (Å²) in [5, 5.41) is 8.61. The predicted molar refractivity (Wildman–Crippen MR) is 147 cm³/mol. The summed E-state index contributed by atoms with van der Waals surface area (Å²) in [5.41, 5.74) is 4.17. The first-order chi connectivity index (χ1) is 17.9. The number of hydrogen-bond donors (Lipinski definition) is 2. The lowest BCUT2D eigenvalue weighted by atomic mass is 10.1. The number of hydrogen-bond acceptors (Lipinski definition) is 8. The molecule has 0 unspecified atom stereocenters. The Morgan fingerprint density at radius 3 is 2.54 bits per heavy atom. The highest BCUT2D eigenvalue weighted by molar-refractivity contribution is 5.97. The fourth-order valence-electron chi connectivity index (χ4n) is 4.26. The van der Waals surface area contributed by atoms with Crippen LogP contribution in [0.2, 0.25) is 0 Å². The summed E-state index contributed by atoms with van der Waals surface area (Å²) >= 11 is 0. The molecule has 0 aliphatic carbocycles. The average Bonchev–Trinajstić information content (AvgIpc) is 3.24. The molecule has 1 aliphatic rings. The maximum absolute atomic E-state index is 6.24. The molecule has 1 aliphatic heterocycles. The van der Waals surface area contributed by atoms with Crippen LogP contribution in [0.25, 0.3) is 21.8 Å². The van der Waals surface area contributed by atoms with Crippen LogP contribution in [-0.2, 0) is 4.74 Å². The topological polar surface area (TPSA) is 93.6 Å². The summed E-state index contributed by atoms with van der Waals surface area (Å²) in [6.07, 6.45) is 3.33. The van der Waals surface area contributed by atoms with Gasteiger partial charge in [0.2, 0.25) is 0 Å². The number of aliphatic imine (C=N–C) groups is 1. The average molecular weight is 491 g/mol. The molecule has 184 valence electrons. The minimum atomic E-state index is -0.229. The van der Waals surface area contributed by atoms with Crippen molar-refractivity contribution in [3.05, 3.63) is 84.8 Å². The van der Waals surface area contributed by atoms with Crippen molar-refractivity contribution in [1.82, 2.24) is 15.0 Å². The Labute approximate surface area is 214 Å². The molecule has 5 aromatic rings. The SMILES string of the molecule is Cc1cc(Nc2ncnc3ccc(NC4=NC(C)(C)CO4)cc23)ccc1Oc1cccc2cccnc12. The van der Waals surface area contributed by atoms with Gasteiger partial charge in [0.25, 0.3) is 6.02 Å². The highest BCUT2D eigenvalue weighted by atomic mass is 16.5. The van der Waals surface area contributed by atoms with E-state index in [0.717, 1.165) is 50.2 Å². The van der Waals surface area contributed by atoms with E-state index in [1.165, 1.54) is 0 Å². The summed E-state index contributed by atoms with van der Waals surface area (Å²) < 4.78 is 11.9. The van der Waals surface area contributed by atoms with Crippen molar-refractivity contribution >= 4 is 45.0 Å². The number of anilines is 3. The number of nitrogens with one attached hydrogen (secondary N) is 2. The van der Waals surface area contributed by atoms with E-state index < -0.39 is 0 Å². The zero-order valence-electron chi connectivity index (χ0n) is 20.8. The molecule has 0 fully saturated rings. The molecule has 0 bridgehead atoms. The van der Waals surface area contributed by atoms with Gasteiger partial charge in [0, 0.05) is 28.3 Å². The third kappa shape index (κ3) is 4.73. The predicted octanol–water partition coefficient (Wildman–Crippen LogP) is 6.60. The van der Waals surface area contributed by atoms with Crippen molar-refractivity contribution in [2.24, 2.45) is 4.99 Å². The fraction of sp³-hybridized carbons (Fsp3) is 0.172. The molecule has 2 aromatic heterocycles. The molecule has 0 atom stereocenters. The van der Waals surface area contributed by atoms with Crippen molar-refractivity contribution in [1.29, 1.82) is 0 Å². The number of ether oxygens (including phenoxy) is 2. The summed E-state index contributed by atoms with van der Waals surface area (Å²) in [7, 11) is 0. The van der Waals surface area contributed by atoms with Crippen LogP contribution in [0.3, 0.4) is 0 Å². The van der Waals surface area contributed by atoms with Crippen molar-refractivity contribution in [3.8, 4) is 11.5 Å². The van der Waals surface area contributed by atoms with Gasteiger partial charge in [-0.25, -0.2) is 15.0 Å². The highest BCUT2D eigenvalue weighted by Gasteiger charge is 2.26. The summed E-state index contributed by atoms with van der Waals surface area (Å²) in [5.74, 6) is 2.19. The minimum absolute atomic E-state index is 0.229. The van der Waals surface area contributed by atoms with E-state index in [1.807, 2.05) is 87.5 Å².